The third kappa shape index (κ3) is 3.42. The molecule has 6 heteroatoms. The summed E-state index contributed by atoms with van der Waals surface area (Å²) >= 11 is 0. The van der Waals surface area contributed by atoms with E-state index in [0.717, 1.165) is 18.8 Å². The number of hydrogen-bond donors (Lipinski definition) is 1. The summed E-state index contributed by atoms with van der Waals surface area (Å²) < 4.78 is 28.2. The fourth-order valence-electron chi connectivity index (χ4n) is 4.04. The number of hydrogen-bond acceptors (Lipinski definition) is 4. The summed E-state index contributed by atoms with van der Waals surface area (Å²) in [6.07, 6.45) is 5.04. The number of fused-ring (bicyclic) bond motifs is 1. The molecular weight excluding hydrogens is 322 g/mol. The summed E-state index contributed by atoms with van der Waals surface area (Å²) in [7, 11) is -3.64. The molecule has 130 valence electrons. The van der Waals surface area contributed by atoms with Crippen molar-refractivity contribution < 1.29 is 8.42 Å². The van der Waals surface area contributed by atoms with Crippen LogP contribution in [0.15, 0.2) is 23.1 Å². The molecule has 1 aromatic rings. The first-order chi connectivity index (χ1) is 11.4. The Morgan fingerprint density at radius 2 is 1.83 bits per heavy atom. The van der Waals surface area contributed by atoms with Crippen LogP contribution in [-0.4, -0.2) is 27.5 Å². The second-order valence-corrected chi connectivity index (χ2v) is 8.96. The van der Waals surface area contributed by atoms with E-state index in [4.69, 9.17) is 5.26 Å². The molecule has 1 N–H and O–H groups in total. The smallest absolute Gasteiger partial charge is 0.242 e. The summed E-state index contributed by atoms with van der Waals surface area (Å²) in [5.74, 6) is 1.34. The second kappa shape index (κ2) is 6.73. The zero-order chi connectivity index (χ0) is 17.3. The van der Waals surface area contributed by atoms with Crippen LogP contribution >= 0.6 is 0 Å². The van der Waals surface area contributed by atoms with Crippen LogP contribution in [0.2, 0.25) is 0 Å². The molecule has 2 atom stereocenters. The van der Waals surface area contributed by atoms with Crippen molar-refractivity contribution in [2.45, 2.75) is 50.5 Å². The van der Waals surface area contributed by atoms with Crippen LogP contribution in [0, 0.1) is 23.2 Å². The van der Waals surface area contributed by atoms with E-state index in [9.17, 15) is 8.42 Å². The van der Waals surface area contributed by atoms with Crippen LogP contribution in [0.4, 0.5) is 5.69 Å². The third-order valence-electron chi connectivity index (χ3n) is 5.09. The molecule has 1 heterocycles. The van der Waals surface area contributed by atoms with E-state index >= 15 is 0 Å². The lowest BCUT2D eigenvalue weighted by atomic mass is 9.82. The molecule has 0 amide bonds. The van der Waals surface area contributed by atoms with Gasteiger partial charge in [-0.3, -0.25) is 0 Å². The van der Waals surface area contributed by atoms with Gasteiger partial charge in [-0.1, -0.05) is 12.8 Å². The lowest BCUT2D eigenvalue weighted by Gasteiger charge is -2.23. The van der Waals surface area contributed by atoms with E-state index in [1.807, 2.05) is 6.07 Å². The van der Waals surface area contributed by atoms with Crippen LogP contribution in [0.1, 0.15) is 45.1 Å². The van der Waals surface area contributed by atoms with Gasteiger partial charge in [0.05, 0.1) is 17.3 Å². The van der Waals surface area contributed by atoms with E-state index in [-0.39, 0.29) is 10.9 Å². The highest BCUT2D eigenvalue weighted by atomic mass is 32.2. The predicted molar refractivity (Wildman–Crippen MR) is 94.3 cm³/mol. The van der Waals surface area contributed by atoms with E-state index < -0.39 is 10.0 Å². The number of benzene rings is 1. The van der Waals surface area contributed by atoms with Crippen LogP contribution in [0.25, 0.3) is 0 Å². The monoisotopic (exact) mass is 347 g/mol. The molecule has 3 rings (SSSR count). The highest BCUT2D eigenvalue weighted by Crippen LogP contribution is 2.39. The minimum Gasteiger partial charge on any atom is -0.370 e. The highest BCUT2D eigenvalue weighted by Gasteiger charge is 2.36. The molecule has 0 aromatic heterocycles. The second-order valence-electron chi connectivity index (χ2n) is 7.28. The molecule has 0 radical (unpaired) electrons. The first-order valence-corrected chi connectivity index (χ1v) is 10.2. The van der Waals surface area contributed by atoms with Gasteiger partial charge in [0, 0.05) is 19.1 Å². The largest absolute Gasteiger partial charge is 0.370 e. The first-order valence-electron chi connectivity index (χ1n) is 8.72. The SMILES string of the molecule is CC(C)NS(=O)(=O)c1cc(C#N)ccc1N1CC2CCCCC2C1. The minimum absolute atomic E-state index is 0.185. The normalized spacial score (nSPS) is 24.0. The van der Waals surface area contributed by atoms with Gasteiger partial charge in [-0.2, -0.15) is 5.26 Å². The van der Waals surface area contributed by atoms with Crippen molar-refractivity contribution in [2.24, 2.45) is 11.8 Å². The molecule has 2 unspecified atom stereocenters. The van der Waals surface area contributed by atoms with Gasteiger partial charge in [0.2, 0.25) is 10.0 Å². The molecule has 1 aromatic carbocycles. The van der Waals surface area contributed by atoms with Crippen molar-refractivity contribution in [1.29, 1.82) is 5.26 Å². The summed E-state index contributed by atoms with van der Waals surface area (Å²) in [6.45, 7) is 5.44. The Morgan fingerprint density at radius 3 is 2.38 bits per heavy atom. The quantitative estimate of drug-likeness (QED) is 0.909. The average molecular weight is 347 g/mol. The van der Waals surface area contributed by atoms with Gasteiger partial charge < -0.3 is 4.90 Å². The van der Waals surface area contributed by atoms with Crippen LogP contribution in [-0.2, 0) is 10.0 Å². The van der Waals surface area contributed by atoms with Crippen molar-refractivity contribution >= 4 is 15.7 Å². The standard InChI is InChI=1S/C18H25N3O2S/c1-13(2)20-24(22,23)18-9-14(10-19)7-8-17(18)21-11-15-5-3-4-6-16(15)12-21/h7-9,13,15-16,20H,3-6,11-12H2,1-2H3. The van der Waals surface area contributed by atoms with Crippen molar-refractivity contribution in [3.63, 3.8) is 0 Å². The van der Waals surface area contributed by atoms with Gasteiger partial charge in [-0.05, 0) is 56.7 Å². The molecule has 0 spiro atoms. The maximum Gasteiger partial charge on any atom is 0.242 e. The number of nitrogens with one attached hydrogen (secondary N) is 1. The molecule has 2 aliphatic rings. The molecule has 2 fully saturated rings. The molecule has 24 heavy (non-hydrogen) atoms. The fourth-order valence-corrected chi connectivity index (χ4v) is 5.54. The Labute approximate surface area is 144 Å². The van der Waals surface area contributed by atoms with Gasteiger partial charge >= 0.3 is 0 Å². The van der Waals surface area contributed by atoms with Crippen molar-refractivity contribution in [1.82, 2.24) is 4.72 Å². The van der Waals surface area contributed by atoms with Gasteiger partial charge in [0.25, 0.3) is 0 Å². The van der Waals surface area contributed by atoms with Crippen LogP contribution < -0.4 is 9.62 Å². The topological polar surface area (TPSA) is 73.2 Å². The lowest BCUT2D eigenvalue weighted by Crippen LogP contribution is -2.32. The summed E-state index contributed by atoms with van der Waals surface area (Å²) in [5.41, 5.74) is 1.11. The number of anilines is 1. The van der Waals surface area contributed by atoms with Gasteiger partial charge in [-0.25, -0.2) is 13.1 Å². The number of nitriles is 1. The molecule has 1 aliphatic heterocycles. The predicted octanol–water partition coefficient (Wildman–Crippen LogP) is 2.87. The molecule has 1 aliphatic carbocycles. The van der Waals surface area contributed by atoms with Crippen molar-refractivity contribution in [2.75, 3.05) is 18.0 Å². The van der Waals surface area contributed by atoms with Crippen LogP contribution in [0.5, 0.6) is 0 Å². The van der Waals surface area contributed by atoms with E-state index in [2.05, 4.69) is 9.62 Å². The Kier molecular flexibility index (Phi) is 4.84. The Balaban J connectivity index is 1.97. The number of nitrogens with zero attached hydrogens (tertiary/aromatic N) is 2. The number of rotatable bonds is 4. The maximum absolute atomic E-state index is 12.8. The highest BCUT2D eigenvalue weighted by molar-refractivity contribution is 7.89. The Morgan fingerprint density at radius 1 is 1.21 bits per heavy atom. The zero-order valence-corrected chi connectivity index (χ0v) is 15.1. The van der Waals surface area contributed by atoms with Crippen molar-refractivity contribution in [3.05, 3.63) is 23.8 Å². The third-order valence-corrected chi connectivity index (χ3v) is 6.77. The lowest BCUT2D eigenvalue weighted by molar-refractivity contribution is 0.299. The van der Waals surface area contributed by atoms with Gasteiger partial charge in [0.1, 0.15) is 4.90 Å². The number of sulfonamides is 1. The molecule has 0 bridgehead atoms. The van der Waals surface area contributed by atoms with Crippen molar-refractivity contribution in [3.8, 4) is 6.07 Å². The van der Waals surface area contributed by atoms with Gasteiger partial charge in [0.15, 0.2) is 0 Å². The van der Waals surface area contributed by atoms with Crippen LogP contribution in [0.3, 0.4) is 0 Å². The molecule has 1 saturated heterocycles. The van der Waals surface area contributed by atoms with E-state index in [0.29, 0.717) is 17.4 Å². The maximum atomic E-state index is 12.8. The first kappa shape index (κ1) is 17.2. The van der Waals surface area contributed by atoms with E-state index in [1.165, 1.54) is 31.7 Å². The Hall–Kier alpha value is -1.58. The fraction of sp³-hybridized carbons (Fsp3) is 0.611. The average Bonchev–Trinajstić information content (AvgIpc) is 2.97. The molecular formula is C18H25N3O2S. The minimum atomic E-state index is -3.64. The van der Waals surface area contributed by atoms with E-state index in [1.54, 1.807) is 26.0 Å². The van der Waals surface area contributed by atoms with Gasteiger partial charge in [-0.15, -0.1) is 0 Å². The summed E-state index contributed by atoms with van der Waals surface area (Å²) in [4.78, 5) is 2.44. The summed E-state index contributed by atoms with van der Waals surface area (Å²) in [6, 6.07) is 6.88. The zero-order valence-electron chi connectivity index (χ0n) is 14.3. The summed E-state index contributed by atoms with van der Waals surface area (Å²) in [5, 5.41) is 9.16. The molecule has 1 saturated carbocycles. The Bertz CT molecular complexity index is 738. The molecule has 5 nitrogen and oxygen atoms in total.